The van der Waals surface area contributed by atoms with Gasteiger partial charge in [-0.25, -0.2) is 0 Å². The standard InChI is InChI=1S/C23H34N4O3S2/c1-5-18-6-8-19(9-7-18)21(28)13-25-23(15-27(29)30)24-10-11-31-16-20-12-17(2)22(32-20)14-26(3)4/h6-9,12,21,28H,5,10-11,13-16H2,1-4H3,(H,24,25). The number of amidine groups is 1. The highest BCUT2D eigenvalue weighted by Gasteiger charge is 2.11. The summed E-state index contributed by atoms with van der Waals surface area (Å²) in [6.45, 7) is 5.50. The Kier molecular flexibility index (Phi) is 11.2. The number of hydrogen-bond acceptors (Lipinski definition) is 7. The summed E-state index contributed by atoms with van der Waals surface area (Å²) in [5.41, 5.74) is 3.30. The Hall–Kier alpha value is -1.94. The summed E-state index contributed by atoms with van der Waals surface area (Å²) in [6, 6.07) is 9.97. The fourth-order valence-electron chi connectivity index (χ4n) is 3.11. The molecule has 0 spiro atoms. The van der Waals surface area contributed by atoms with Gasteiger partial charge in [0.05, 0.1) is 12.6 Å². The number of rotatable bonds is 13. The predicted molar refractivity (Wildman–Crippen MR) is 136 cm³/mol. The molecule has 1 atom stereocenters. The van der Waals surface area contributed by atoms with Gasteiger partial charge in [0.2, 0.25) is 0 Å². The molecule has 0 bridgehead atoms. The highest BCUT2D eigenvalue weighted by molar-refractivity contribution is 7.98. The quantitative estimate of drug-likeness (QED) is 0.149. The highest BCUT2D eigenvalue weighted by atomic mass is 32.2. The van der Waals surface area contributed by atoms with Crippen molar-refractivity contribution in [3.8, 4) is 0 Å². The van der Waals surface area contributed by atoms with Crippen LogP contribution in [0.3, 0.4) is 0 Å². The van der Waals surface area contributed by atoms with Crippen molar-refractivity contribution in [3.05, 3.63) is 66.9 Å². The van der Waals surface area contributed by atoms with Gasteiger partial charge < -0.3 is 15.3 Å². The molecular weight excluding hydrogens is 444 g/mol. The van der Waals surface area contributed by atoms with Crippen LogP contribution in [0, 0.1) is 17.0 Å². The number of nitrogens with one attached hydrogen (secondary N) is 1. The maximum Gasteiger partial charge on any atom is 0.259 e. The van der Waals surface area contributed by atoms with Crippen molar-refractivity contribution in [2.45, 2.75) is 38.7 Å². The Morgan fingerprint density at radius 1 is 1.34 bits per heavy atom. The van der Waals surface area contributed by atoms with E-state index in [1.54, 1.807) is 11.8 Å². The molecule has 7 nitrogen and oxygen atoms in total. The zero-order chi connectivity index (χ0) is 23.5. The van der Waals surface area contributed by atoms with Crippen LogP contribution in [0.4, 0.5) is 0 Å². The number of aliphatic hydroxyl groups excluding tert-OH is 1. The number of thioether (sulfide) groups is 1. The van der Waals surface area contributed by atoms with E-state index in [4.69, 9.17) is 0 Å². The van der Waals surface area contributed by atoms with E-state index in [1.807, 2.05) is 35.6 Å². The molecule has 0 aliphatic carbocycles. The van der Waals surface area contributed by atoms with Crippen LogP contribution in [0.1, 0.15) is 39.5 Å². The van der Waals surface area contributed by atoms with Gasteiger partial charge in [-0.2, -0.15) is 11.8 Å². The first kappa shape index (κ1) is 26.3. The zero-order valence-corrected chi connectivity index (χ0v) is 21.0. The van der Waals surface area contributed by atoms with Crippen LogP contribution in [0.25, 0.3) is 0 Å². The Balaban J connectivity index is 1.80. The lowest BCUT2D eigenvalue weighted by Crippen LogP contribution is -2.32. The molecule has 0 aliphatic rings. The second-order valence-corrected chi connectivity index (χ2v) is 10.3. The Bertz CT molecular complexity index is 882. The Labute approximate surface area is 199 Å². The molecule has 0 amide bonds. The Morgan fingerprint density at radius 2 is 2.06 bits per heavy atom. The van der Waals surface area contributed by atoms with Crippen molar-refractivity contribution in [1.82, 2.24) is 10.2 Å². The fourth-order valence-corrected chi connectivity index (χ4v) is 5.36. The van der Waals surface area contributed by atoms with Crippen LogP contribution in [0.15, 0.2) is 35.3 Å². The number of aliphatic imine (C=N–C) groups is 1. The SMILES string of the molecule is CCc1ccc(C(O)CN=C(C[N+](=O)[O-])NCCSCc2cc(C)c(CN(C)C)s2)cc1. The van der Waals surface area contributed by atoms with E-state index in [1.165, 1.54) is 20.9 Å². The lowest BCUT2D eigenvalue weighted by molar-refractivity contribution is -0.463. The van der Waals surface area contributed by atoms with Crippen molar-refractivity contribution < 1.29 is 10.0 Å². The van der Waals surface area contributed by atoms with E-state index >= 15 is 0 Å². The predicted octanol–water partition coefficient (Wildman–Crippen LogP) is 3.91. The van der Waals surface area contributed by atoms with Crippen LogP contribution < -0.4 is 5.32 Å². The first-order valence-electron chi connectivity index (χ1n) is 10.7. The summed E-state index contributed by atoms with van der Waals surface area (Å²) < 4.78 is 0. The van der Waals surface area contributed by atoms with Gasteiger partial charge in [-0.15, -0.1) is 11.3 Å². The molecule has 1 aromatic heterocycles. The van der Waals surface area contributed by atoms with E-state index in [0.717, 1.165) is 30.0 Å². The molecule has 0 radical (unpaired) electrons. The first-order valence-corrected chi connectivity index (χ1v) is 12.7. The van der Waals surface area contributed by atoms with Crippen molar-refractivity contribution in [1.29, 1.82) is 0 Å². The molecular formula is C23H34N4O3S2. The van der Waals surface area contributed by atoms with E-state index in [0.29, 0.717) is 12.4 Å². The van der Waals surface area contributed by atoms with Crippen molar-refractivity contribution in [3.63, 3.8) is 0 Å². The van der Waals surface area contributed by atoms with Gasteiger partial charge >= 0.3 is 0 Å². The average Bonchev–Trinajstić information content (AvgIpc) is 3.09. The number of thiophene rings is 1. The van der Waals surface area contributed by atoms with Gasteiger partial charge in [-0.1, -0.05) is 31.2 Å². The van der Waals surface area contributed by atoms with Crippen molar-refractivity contribution in [2.75, 3.05) is 39.5 Å². The number of aliphatic hydroxyl groups is 1. The average molecular weight is 479 g/mol. The van der Waals surface area contributed by atoms with Crippen molar-refractivity contribution in [2.24, 2.45) is 4.99 Å². The maximum absolute atomic E-state index is 11.0. The lowest BCUT2D eigenvalue weighted by atomic mass is 10.1. The zero-order valence-electron chi connectivity index (χ0n) is 19.3. The minimum absolute atomic E-state index is 0.0952. The lowest BCUT2D eigenvalue weighted by Gasteiger charge is -2.11. The highest BCUT2D eigenvalue weighted by Crippen LogP contribution is 2.26. The molecule has 0 fully saturated rings. The fraction of sp³-hybridized carbons (Fsp3) is 0.522. The minimum Gasteiger partial charge on any atom is -0.386 e. The number of aryl methyl sites for hydroxylation is 2. The van der Waals surface area contributed by atoms with Crippen LogP contribution in [0.5, 0.6) is 0 Å². The number of nitro groups is 1. The second-order valence-electron chi connectivity index (χ2n) is 7.93. The normalized spacial score (nSPS) is 12.9. The topological polar surface area (TPSA) is 91.0 Å². The molecule has 2 aromatic rings. The van der Waals surface area contributed by atoms with Crippen LogP contribution in [-0.4, -0.2) is 60.2 Å². The van der Waals surface area contributed by atoms with Gasteiger partial charge in [-0.3, -0.25) is 15.1 Å². The summed E-state index contributed by atoms with van der Waals surface area (Å²) in [6.07, 6.45) is 0.157. The molecule has 0 saturated carbocycles. The number of hydrogen-bond donors (Lipinski definition) is 2. The molecule has 32 heavy (non-hydrogen) atoms. The molecule has 0 aliphatic heterocycles. The Morgan fingerprint density at radius 3 is 2.69 bits per heavy atom. The van der Waals surface area contributed by atoms with E-state index in [2.05, 4.69) is 49.2 Å². The summed E-state index contributed by atoms with van der Waals surface area (Å²) in [5, 5.41) is 24.4. The molecule has 176 valence electrons. The maximum atomic E-state index is 11.0. The van der Waals surface area contributed by atoms with Gasteiger partial charge in [0.25, 0.3) is 6.54 Å². The number of benzene rings is 1. The third-order valence-corrected chi connectivity index (χ3v) is 7.27. The van der Waals surface area contributed by atoms with Gasteiger partial charge in [0.1, 0.15) is 0 Å². The second kappa shape index (κ2) is 13.6. The summed E-state index contributed by atoms with van der Waals surface area (Å²) in [7, 11) is 4.15. The molecule has 1 heterocycles. The third-order valence-electron chi connectivity index (χ3n) is 4.86. The van der Waals surface area contributed by atoms with E-state index in [-0.39, 0.29) is 13.1 Å². The van der Waals surface area contributed by atoms with Crippen LogP contribution in [0.2, 0.25) is 0 Å². The molecule has 1 aromatic carbocycles. The van der Waals surface area contributed by atoms with Gasteiger partial charge in [-0.05, 0) is 50.2 Å². The van der Waals surface area contributed by atoms with E-state index < -0.39 is 11.0 Å². The van der Waals surface area contributed by atoms with Crippen LogP contribution in [-0.2, 0) is 18.7 Å². The van der Waals surface area contributed by atoms with Gasteiger partial charge in [0, 0.05) is 39.3 Å². The molecule has 0 saturated heterocycles. The molecule has 2 N–H and O–H groups in total. The molecule has 9 heteroatoms. The summed E-state index contributed by atoms with van der Waals surface area (Å²) in [5.74, 6) is 2.05. The smallest absolute Gasteiger partial charge is 0.259 e. The van der Waals surface area contributed by atoms with Crippen molar-refractivity contribution >= 4 is 28.9 Å². The first-order chi connectivity index (χ1) is 15.3. The summed E-state index contributed by atoms with van der Waals surface area (Å²) in [4.78, 5) is 19.8. The largest absolute Gasteiger partial charge is 0.386 e. The minimum atomic E-state index is -0.780. The number of nitrogens with zero attached hydrogens (tertiary/aromatic N) is 3. The van der Waals surface area contributed by atoms with E-state index in [9.17, 15) is 15.2 Å². The van der Waals surface area contributed by atoms with Gasteiger partial charge in [0.15, 0.2) is 5.84 Å². The summed E-state index contributed by atoms with van der Waals surface area (Å²) >= 11 is 3.64. The molecule has 2 rings (SSSR count). The van der Waals surface area contributed by atoms with Crippen LogP contribution >= 0.6 is 23.1 Å². The monoisotopic (exact) mass is 478 g/mol. The molecule has 1 unspecified atom stereocenters. The third kappa shape index (κ3) is 9.28.